The van der Waals surface area contributed by atoms with Crippen molar-refractivity contribution in [2.75, 3.05) is 0 Å². The van der Waals surface area contributed by atoms with E-state index in [9.17, 15) is 0 Å². The quantitative estimate of drug-likeness (QED) is 0.468. The summed E-state index contributed by atoms with van der Waals surface area (Å²) >= 11 is 0. The Hall–Kier alpha value is -1.56. The first-order valence-electron chi connectivity index (χ1n) is 10.6. The van der Waals surface area contributed by atoms with E-state index in [1.807, 2.05) is 0 Å². The molecule has 0 heterocycles. The van der Waals surface area contributed by atoms with Gasteiger partial charge in [-0.25, -0.2) is 0 Å². The van der Waals surface area contributed by atoms with E-state index in [1.165, 1.54) is 86.5 Å². The molecule has 1 radical (unpaired) electrons. The normalized spacial score (nSPS) is 21.1. The van der Waals surface area contributed by atoms with Crippen molar-refractivity contribution in [2.24, 2.45) is 0 Å². The summed E-state index contributed by atoms with van der Waals surface area (Å²) in [7, 11) is 0. The summed E-state index contributed by atoms with van der Waals surface area (Å²) in [6, 6.07) is 15.6. The highest BCUT2D eigenvalue weighted by molar-refractivity contribution is 5.77. The van der Waals surface area contributed by atoms with Crippen molar-refractivity contribution in [1.29, 1.82) is 0 Å². The van der Waals surface area contributed by atoms with E-state index in [1.54, 1.807) is 11.1 Å². The molecule has 129 valence electrons. The van der Waals surface area contributed by atoms with Gasteiger partial charge >= 0.3 is 0 Å². The Morgan fingerprint density at radius 2 is 1.40 bits per heavy atom. The fourth-order valence-electron chi connectivity index (χ4n) is 5.61. The van der Waals surface area contributed by atoms with Gasteiger partial charge in [-0.1, -0.05) is 68.9 Å². The van der Waals surface area contributed by atoms with Crippen LogP contribution in [-0.4, -0.2) is 0 Å². The van der Waals surface area contributed by atoms with E-state index in [4.69, 9.17) is 0 Å². The van der Waals surface area contributed by atoms with E-state index < -0.39 is 0 Å². The second-order valence-electron chi connectivity index (χ2n) is 8.53. The van der Waals surface area contributed by atoms with Crippen molar-refractivity contribution >= 4 is 0 Å². The Balaban J connectivity index is 1.61. The molecule has 0 unspecified atom stereocenters. The van der Waals surface area contributed by atoms with Crippen LogP contribution in [0.5, 0.6) is 0 Å². The zero-order chi connectivity index (χ0) is 16.6. The minimum atomic E-state index is 0.777. The van der Waals surface area contributed by atoms with Crippen LogP contribution in [0.15, 0.2) is 30.3 Å². The monoisotopic (exact) mass is 329 g/mol. The van der Waals surface area contributed by atoms with Crippen LogP contribution >= 0.6 is 0 Å². The molecular weight excluding hydrogens is 300 g/mol. The van der Waals surface area contributed by atoms with Gasteiger partial charge in [-0.15, -0.1) is 0 Å². The molecule has 3 aliphatic carbocycles. The molecule has 0 spiro atoms. The first-order valence-corrected chi connectivity index (χ1v) is 10.6. The van der Waals surface area contributed by atoms with Gasteiger partial charge in [0.25, 0.3) is 0 Å². The molecule has 0 aliphatic heterocycles. The molecule has 0 N–H and O–H groups in total. The van der Waals surface area contributed by atoms with Gasteiger partial charge in [0.2, 0.25) is 0 Å². The van der Waals surface area contributed by atoms with Crippen LogP contribution in [0.1, 0.15) is 98.3 Å². The number of benzene rings is 2. The van der Waals surface area contributed by atoms with Crippen molar-refractivity contribution < 1.29 is 0 Å². The van der Waals surface area contributed by atoms with Gasteiger partial charge in [-0.3, -0.25) is 0 Å². The van der Waals surface area contributed by atoms with Crippen molar-refractivity contribution in [1.82, 2.24) is 0 Å². The van der Waals surface area contributed by atoms with Crippen LogP contribution in [0, 0.1) is 6.07 Å². The SMILES string of the molecule is [c]1c2c(cc(C3CCCCC3)c1C1CCCCC1)-c1ccccc1C2. The summed E-state index contributed by atoms with van der Waals surface area (Å²) in [6.07, 6.45) is 15.2. The van der Waals surface area contributed by atoms with Crippen LogP contribution in [0.4, 0.5) is 0 Å². The average molecular weight is 330 g/mol. The first kappa shape index (κ1) is 15.7. The van der Waals surface area contributed by atoms with E-state index in [2.05, 4.69) is 36.4 Å². The molecule has 25 heavy (non-hydrogen) atoms. The second-order valence-corrected chi connectivity index (χ2v) is 8.53. The van der Waals surface area contributed by atoms with Crippen LogP contribution in [0.3, 0.4) is 0 Å². The van der Waals surface area contributed by atoms with E-state index >= 15 is 0 Å². The van der Waals surface area contributed by atoms with E-state index in [0.717, 1.165) is 18.3 Å². The smallest absolute Gasteiger partial charge is 0.000717 e. The zero-order valence-electron chi connectivity index (χ0n) is 15.3. The van der Waals surface area contributed by atoms with Gasteiger partial charge in [0, 0.05) is 0 Å². The Kier molecular flexibility index (Phi) is 4.16. The highest BCUT2D eigenvalue weighted by Gasteiger charge is 2.28. The lowest BCUT2D eigenvalue weighted by Gasteiger charge is -2.30. The summed E-state index contributed by atoms with van der Waals surface area (Å²) in [4.78, 5) is 0. The zero-order valence-corrected chi connectivity index (χ0v) is 15.3. The summed E-state index contributed by atoms with van der Waals surface area (Å²) in [5, 5.41) is 0. The lowest BCUT2D eigenvalue weighted by atomic mass is 9.75. The lowest BCUT2D eigenvalue weighted by Crippen LogP contribution is -2.13. The van der Waals surface area contributed by atoms with Gasteiger partial charge in [0.05, 0.1) is 0 Å². The third kappa shape index (κ3) is 2.84. The maximum Gasteiger partial charge on any atom is -0.000717 e. The van der Waals surface area contributed by atoms with Crippen molar-refractivity contribution in [2.45, 2.75) is 82.5 Å². The minimum absolute atomic E-state index is 0.777. The Morgan fingerprint density at radius 1 is 0.720 bits per heavy atom. The first-order chi connectivity index (χ1) is 12.4. The average Bonchev–Trinajstić information content (AvgIpc) is 3.06. The topological polar surface area (TPSA) is 0 Å². The number of hydrogen-bond donors (Lipinski definition) is 0. The molecule has 0 bridgehead atoms. The molecule has 0 nitrogen and oxygen atoms in total. The third-order valence-corrected chi connectivity index (χ3v) is 6.95. The Morgan fingerprint density at radius 3 is 2.16 bits per heavy atom. The van der Waals surface area contributed by atoms with Gasteiger partial charge in [-0.2, -0.15) is 0 Å². The molecule has 0 amide bonds. The van der Waals surface area contributed by atoms with Crippen molar-refractivity contribution in [3.05, 3.63) is 58.7 Å². The summed E-state index contributed by atoms with van der Waals surface area (Å²) < 4.78 is 0. The predicted octanol–water partition coefficient (Wildman–Crippen LogP) is 7.15. The Labute approximate surface area is 152 Å². The third-order valence-electron chi connectivity index (χ3n) is 6.95. The molecule has 0 atom stereocenters. The van der Waals surface area contributed by atoms with Crippen LogP contribution in [0.2, 0.25) is 0 Å². The maximum atomic E-state index is 4.01. The molecule has 2 aromatic rings. The van der Waals surface area contributed by atoms with Crippen LogP contribution in [0.25, 0.3) is 11.1 Å². The highest BCUT2D eigenvalue weighted by atomic mass is 14.3. The van der Waals surface area contributed by atoms with Crippen molar-refractivity contribution in [3.63, 3.8) is 0 Å². The standard InChI is InChI=1S/C25H29/c1-3-9-18(10-4-1)23-16-21-15-20-13-7-8-14-22(20)25(21)17-24(23)19-11-5-2-6-12-19/h7-8,13-14,17-19H,1-6,9-12,15H2. The van der Waals surface area contributed by atoms with E-state index in [-0.39, 0.29) is 0 Å². The fraction of sp³-hybridized carbons (Fsp3) is 0.520. The summed E-state index contributed by atoms with van der Waals surface area (Å²) in [5.41, 5.74) is 9.25. The van der Waals surface area contributed by atoms with Crippen LogP contribution < -0.4 is 0 Å². The molecule has 0 aromatic heterocycles. The number of hydrogen-bond acceptors (Lipinski definition) is 0. The maximum absolute atomic E-state index is 4.01. The van der Waals surface area contributed by atoms with Gasteiger partial charge in [0.15, 0.2) is 0 Å². The fourth-order valence-corrected chi connectivity index (χ4v) is 5.61. The van der Waals surface area contributed by atoms with Gasteiger partial charge < -0.3 is 0 Å². The van der Waals surface area contributed by atoms with Gasteiger partial charge in [0.1, 0.15) is 0 Å². The molecule has 0 heteroatoms. The molecule has 3 aliphatic rings. The second kappa shape index (κ2) is 6.63. The molecule has 0 saturated heterocycles. The Bertz CT molecular complexity index is 758. The van der Waals surface area contributed by atoms with Crippen molar-refractivity contribution in [3.8, 4) is 11.1 Å². The summed E-state index contributed by atoms with van der Waals surface area (Å²) in [5.74, 6) is 1.57. The number of rotatable bonds is 2. The van der Waals surface area contributed by atoms with E-state index in [0.29, 0.717) is 0 Å². The van der Waals surface area contributed by atoms with Gasteiger partial charge in [-0.05, 0) is 83.4 Å². The number of fused-ring (bicyclic) bond motifs is 3. The molecule has 2 aromatic carbocycles. The van der Waals surface area contributed by atoms with Crippen LogP contribution in [-0.2, 0) is 6.42 Å². The predicted molar refractivity (Wildman–Crippen MR) is 105 cm³/mol. The molecule has 5 rings (SSSR count). The summed E-state index contributed by atoms with van der Waals surface area (Å²) in [6.45, 7) is 0. The highest BCUT2D eigenvalue weighted by Crippen LogP contribution is 2.46. The largest absolute Gasteiger partial charge is 0.0619 e. The minimum Gasteiger partial charge on any atom is -0.0619 e. The lowest BCUT2D eigenvalue weighted by molar-refractivity contribution is 0.418. The molecule has 2 fully saturated rings. The molecular formula is C25H29. The molecule has 2 saturated carbocycles.